The van der Waals surface area contributed by atoms with Gasteiger partial charge in [-0.2, -0.15) is 0 Å². The second-order valence-electron chi connectivity index (χ2n) is 6.35. The van der Waals surface area contributed by atoms with Gasteiger partial charge in [0.1, 0.15) is 6.10 Å². The molecule has 4 nitrogen and oxygen atoms in total. The van der Waals surface area contributed by atoms with Crippen LogP contribution in [0.1, 0.15) is 66.2 Å². The fourth-order valence-electron chi connectivity index (χ4n) is 2.90. The number of carbonyl (C=O) groups is 1. The van der Waals surface area contributed by atoms with Crippen LogP contribution in [0.2, 0.25) is 0 Å². The molecule has 0 aromatic heterocycles. The van der Waals surface area contributed by atoms with Crippen LogP contribution in [0.5, 0.6) is 0 Å². The molecule has 0 heterocycles. The van der Waals surface area contributed by atoms with E-state index in [1.165, 1.54) is 0 Å². The lowest BCUT2D eigenvalue weighted by Gasteiger charge is -2.40. The maximum atomic E-state index is 12.2. The van der Waals surface area contributed by atoms with Crippen LogP contribution in [0.25, 0.3) is 0 Å². The molecule has 1 aliphatic rings. The molecule has 0 aromatic carbocycles. The van der Waals surface area contributed by atoms with Crippen LogP contribution < -0.4 is 11.1 Å². The third-order valence-electron chi connectivity index (χ3n) is 4.69. The molecule has 1 amide bonds. The Morgan fingerprint density at radius 1 is 1.35 bits per heavy atom. The van der Waals surface area contributed by atoms with Crippen molar-refractivity contribution in [3.63, 3.8) is 0 Å². The highest BCUT2D eigenvalue weighted by Crippen LogP contribution is 2.34. The van der Waals surface area contributed by atoms with E-state index in [0.717, 1.165) is 44.4 Å². The van der Waals surface area contributed by atoms with E-state index in [-0.39, 0.29) is 17.6 Å². The summed E-state index contributed by atoms with van der Waals surface area (Å²) in [5.41, 5.74) is 5.63. The van der Waals surface area contributed by atoms with Gasteiger partial charge < -0.3 is 15.8 Å². The molecule has 1 unspecified atom stereocenters. The predicted molar refractivity (Wildman–Crippen MR) is 82.5 cm³/mol. The molecular weight excluding hydrogens is 252 g/mol. The molecule has 0 radical (unpaired) electrons. The van der Waals surface area contributed by atoms with E-state index < -0.39 is 6.10 Å². The standard InChI is InChI=1S/C16H32N2O2/c1-5-14(6-2)18-15(19)13(4)20-16(11-17)9-7-12(3)8-10-16/h12-14H,5-11,17H2,1-4H3,(H,18,19). The highest BCUT2D eigenvalue weighted by Gasteiger charge is 2.36. The van der Waals surface area contributed by atoms with E-state index in [4.69, 9.17) is 10.5 Å². The Kier molecular flexibility index (Phi) is 6.96. The molecule has 0 saturated heterocycles. The molecule has 0 bridgehead atoms. The van der Waals surface area contributed by atoms with Gasteiger partial charge >= 0.3 is 0 Å². The number of nitrogens with two attached hydrogens (primary N) is 1. The molecule has 1 atom stereocenters. The molecule has 0 aliphatic heterocycles. The van der Waals surface area contributed by atoms with Crippen LogP contribution in [0, 0.1) is 5.92 Å². The molecule has 1 fully saturated rings. The minimum atomic E-state index is -0.424. The summed E-state index contributed by atoms with van der Waals surface area (Å²) < 4.78 is 6.09. The summed E-state index contributed by atoms with van der Waals surface area (Å²) in [5.74, 6) is 0.733. The zero-order valence-corrected chi connectivity index (χ0v) is 13.6. The van der Waals surface area contributed by atoms with E-state index >= 15 is 0 Å². The Labute approximate surface area is 123 Å². The van der Waals surface area contributed by atoms with Gasteiger partial charge in [0.15, 0.2) is 0 Å². The smallest absolute Gasteiger partial charge is 0.249 e. The van der Waals surface area contributed by atoms with Crippen molar-refractivity contribution in [1.29, 1.82) is 0 Å². The van der Waals surface area contributed by atoms with Crippen molar-refractivity contribution in [1.82, 2.24) is 5.32 Å². The van der Waals surface area contributed by atoms with Gasteiger partial charge in [-0.15, -0.1) is 0 Å². The van der Waals surface area contributed by atoms with Crippen LogP contribution in [-0.4, -0.2) is 30.2 Å². The van der Waals surface area contributed by atoms with Gasteiger partial charge in [-0.05, 0) is 51.4 Å². The van der Waals surface area contributed by atoms with Crippen LogP contribution in [0.4, 0.5) is 0 Å². The maximum absolute atomic E-state index is 12.2. The zero-order valence-electron chi connectivity index (χ0n) is 13.6. The highest BCUT2D eigenvalue weighted by molar-refractivity contribution is 5.80. The second kappa shape index (κ2) is 7.99. The average molecular weight is 284 g/mol. The van der Waals surface area contributed by atoms with E-state index in [2.05, 4.69) is 26.1 Å². The summed E-state index contributed by atoms with van der Waals surface area (Å²) in [6.07, 6.45) is 5.69. The lowest BCUT2D eigenvalue weighted by molar-refractivity contribution is -0.150. The molecule has 1 rings (SSSR count). The molecule has 0 aromatic rings. The van der Waals surface area contributed by atoms with Gasteiger partial charge in [-0.25, -0.2) is 0 Å². The second-order valence-corrected chi connectivity index (χ2v) is 6.35. The van der Waals surface area contributed by atoms with Crippen molar-refractivity contribution in [2.45, 2.75) is 84.0 Å². The van der Waals surface area contributed by atoms with E-state index in [1.54, 1.807) is 0 Å². The van der Waals surface area contributed by atoms with E-state index in [0.29, 0.717) is 6.54 Å². The Morgan fingerprint density at radius 2 is 1.90 bits per heavy atom. The van der Waals surface area contributed by atoms with Gasteiger partial charge in [-0.1, -0.05) is 20.8 Å². The minimum Gasteiger partial charge on any atom is -0.361 e. The minimum absolute atomic E-state index is 0.00912. The van der Waals surface area contributed by atoms with E-state index in [9.17, 15) is 4.79 Å². The number of ether oxygens (including phenoxy) is 1. The summed E-state index contributed by atoms with van der Waals surface area (Å²) in [5, 5.41) is 3.05. The first-order valence-corrected chi connectivity index (χ1v) is 8.14. The largest absolute Gasteiger partial charge is 0.361 e. The molecule has 4 heteroatoms. The first-order chi connectivity index (χ1) is 9.46. The molecule has 3 N–H and O–H groups in total. The number of carbonyl (C=O) groups excluding carboxylic acids is 1. The van der Waals surface area contributed by atoms with Crippen molar-refractivity contribution in [3.05, 3.63) is 0 Å². The van der Waals surface area contributed by atoms with E-state index in [1.807, 2.05) is 6.92 Å². The van der Waals surface area contributed by atoms with Crippen molar-refractivity contribution in [3.8, 4) is 0 Å². The molecule has 0 spiro atoms. The van der Waals surface area contributed by atoms with Crippen LogP contribution in [-0.2, 0) is 9.53 Å². The zero-order chi connectivity index (χ0) is 15.2. The fourth-order valence-corrected chi connectivity index (χ4v) is 2.90. The van der Waals surface area contributed by atoms with Crippen molar-refractivity contribution in [2.24, 2.45) is 11.7 Å². The number of hydrogen-bond acceptors (Lipinski definition) is 3. The first-order valence-electron chi connectivity index (χ1n) is 8.14. The average Bonchev–Trinajstić information content (AvgIpc) is 2.47. The normalized spacial score (nSPS) is 28.4. The van der Waals surface area contributed by atoms with Gasteiger partial charge in [0.25, 0.3) is 0 Å². The summed E-state index contributed by atoms with van der Waals surface area (Å²) >= 11 is 0. The number of rotatable bonds is 7. The molecule has 20 heavy (non-hydrogen) atoms. The van der Waals surface area contributed by atoms with Crippen molar-refractivity contribution < 1.29 is 9.53 Å². The third-order valence-corrected chi connectivity index (χ3v) is 4.69. The topological polar surface area (TPSA) is 64.3 Å². The summed E-state index contributed by atoms with van der Waals surface area (Å²) in [4.78, 5) is 12.2. The van der Waals surface area contributed by atoms with Crippen molar-refractivity contribution >= 4 is 5.91 Å². The fraction of sp³-hybridized carbons (Fsp3) is 0.938. The Morgan fingerprint density at radius 3 is 2.35 bits per heavy atom. The van der Waals surface area contributed by atoms with Crippen LogP contribution in [0.3, 0.4) is 0 Å². The predicted octanol–water partition coefficient (Wildman–Crippen LogP) is 2.60. The molecule has 1 saturated carbocycles. The third kappa shape index (κ3) is 4.74. The summed E-state index contributed by atoms with van der Waals surface area (Å²) in [6, 6.07) is 0.244. The molecule has 118 valence electrons. The number of amides is 1. The lowest BCUT2D eigenvalue weighted by Crippen LogP contribution is -2.50. The summed E-state index contributed by atoms with van der Waals surface area (Å²) in [6.45, 7) is 8.78. The first kappa shape index (κ1) is 17.4. The lowest BCUT2D eigenvalue weighted by atomic mass is 9.79. The highest BCUT2D eigenvalue weighted by atomic mass is 16.5. The van der Waals surface area contributed by atoms with Crippen molar-refractivity contribution in [2.75, 3.05) is 6.54 Å². The SMILES string of the molecule is CCC(CC)NC(=O)C(C)OC1(CN)CCC(C)CC1. The Balaban J connectivity index is 2.54. The van der Waals surface area contributed by atoms with Gasteiger partial charge in [0, 0.05) is 12.6 Å². The monoisotopic (exact) mass is 284 g/mol. The van der Waals surface area contributed by atoms with Crippen LogP contribution in [0.15, 0.2) is 0 Å². The number of nitrogens with one attached hydrogen (secondary N) is 1. The quantitative estimate of drug-likeness (QED) is 0.755. The Bertz CT molecular complexity index is 295. The molecule has 1 aliphatic carbocycles. The maximum Gasteiger partial charge on any atom is 0.249 e. The van der Waals surface area contributed by atoms with Gasteiger partial charge in [0.2, 0.25) is 5.91 Å². The summed E-state index contributed by atoms with van der Waals surface area (Å²) in [7, 11) is 0. The number of hydrogen-bond donors (Lipinski definition) is 2. The molecular formula is C16H32N2O2. The van der Waals surface area contributed by atoms with Gasteiger partial charge in [-0.3, -0.25) is 4.79 Å². The van der Waals surface area contributed by atoms with Gasteiger partial charge in [0.05, 0.1) is 5.60 Å². The van der Waals surface area contributed by atoms with Crippen LogP contribution >= 0.6 is 0 Å². The Hall–Kier alpha value is -0.610.